The lowest BCUT2D eigenvalue weighted by atomic mass is 10.1. The second-order valence-corrected chi connectivity index (χ2v) is 11.8. The van der Waals surface area contributed by atoms with E-state index in [1.807, 2.05) is 24.3 Å². The average molecular weight is 627 g/mol. The molecule has 0 bridgehead atoms. The zero-order valence-electron chi connectivity index (χ0n) is 20.2. The maximum absolute atomic E-state index is 13.8. The van der Waals surface area contributed by atoms with Crippen LogP contribution in [0.2, 0.25) is 10.0 Å². The summed E-state index contributed by atoms with van der Waals surface area (Å²) in [6, 6.07) is 18.6. The largest absolute Gasteiger partial charge is 0.355 e. The van der Waals surface area contributed by atoms with Gasteiger partial charge < -0.3 is 10.2 Å². The highest BCUT2D eigenvalue weighted by Crippen LogP contribution is 2.33. The van der Waals surface area contributed by atoms with E-state index in [4.69, 9.17) is 23.2 Å². The third kappa shape index (κ3) is 7.25. The van der Waals surface area contributed by atoms with E-state index in [2.05, 4.69) is 21.2 Å². The molecule has 3 rings (SSSR count). The van der Waals surface area contributed by atoms with Crippen molar-refractivity contribution in [1.82, 2.24) is 10.2 Å². The van der Waals surface area contributed by atoms with Crippen molar-refractivity contribution in [1.29, 1.82) is 0 Å². The molecule has 1 N–H and O–H groups in total. The standard InChI is InChI=1S/C26H26BrCl2N3O4S/c1-3-30-26(34)18(2)31(16-19-8-7-9-20(27)14-19)25(33)17-32(24-13-12-21(28)15-23(24)29)37(35,36)22-10-5-4-6-11-22/h4-15,18H,3,16-17H2,1-2H3,(H,30,34). The van der Waals surface area contributed by atoms with Gasteiger partial charge >= 0.3 is 0 Å². The number of nitrogens with zero attached hydrogens (tertiary/aromatic N) is 2. The van der Waals surface area contributed by atoms with Crippen LogP contribution in [-0.4, -0.2) is 44.3 Å². The Morgan fingerprint density at radius 1 is 1.00 bits per heavy atom. The molecule has 0 radical (unpaired) electrons. The first kappa shape index (κ1) is 29.0. The van der Waals surface area contributed by atoms with Gasteiger partial charge in [0, 0.05) is 22.6 Å². The molecule has 3 aromatic carbocycles. The molecule has 0 saturated heterocycles. The number of benzene rings is 3. The summed E-state index contributed by atoms with van der Waals surface area (Å²) < 4.78 is 29.2. The molecule has 0 heterocycles. The normalized spacial score (nSPS) is 12.0. The Balaban J connectivity index is 2.05. The summed E-state index contributed by atoms with van der Waals surface area (Å²) in [6.45, 7) is 3.27. The molecular weight excluding hydrogens is 601 g/mol. The summed E-state index contributed by atoms with van der Waals surface area (Å²) >= 11 is 15.9. The predicted octanol–water partition coefficient (Wildman–Crippen LogP) is 5.50. The number of likely N-dealkylation sites (N-methyl/N-ethyl adjacent to an activating group) is 1. The highest BCUT2D eigenvalue weighted by atomic mass is 79.9. The smallest absolute Gasteiger partial charge is 0.264 e. The van der Waals surface area contributed by atoms with Crippen LogP contribution in [0.1, 0.15) is 19.4 Å². The molecule has 37 heavy (non-hydrogen) atoms. The van der Waals surface area contributed by atoms with Crippen LogP contribution in [0.25, 0.3) is 0 Å². The van der Waals surface area contributed by atoms with Crippen molar-refractivity contribution in [3.8, 4) is 0 Å². The Labute approximate surface area is 235 Å². The fourth-order valence-corrected chi connectivity index (χ4v) is 6.11. The molecule has 196 valence electrons. The Morgan fingerprint density at radius 3 is 2.32 bits per heavy atom. The number of amides is 2. The number of carbonyl (C=O) groups is 2. The van der Waals surface area contributed by atoms with E-state index in [1.165, 1.54) is 35.2 Å². The highest BCUT2D eigenvalue weighted by molar-refractivity contribution is 9.10. The molecule has 3 aromatic rings. The maximum atomic E-state index is 13.8. The SMILES string of the molecule is CCNC(=O)C(C)N(Cc1cccc(Br)c1)C(=O)CN(c1ccc(Cl)cc1Cl)S(=O)(=O)c1ccccc1. The van der Waals surface area contributed by atoms with Gasteiger partial charge in [-0.2, -0.15) is 0 Å². The molecule has 0 spiro atoms. The van der Waals surface area contributed by atoms with Gasteiger partial charge in [0.2, 0.25) is 11.8 Å². The van der Waals surface area contributed by atoms with Crippen molar-refractivity contribution in [2.45, 2.75) is 31.3 Å². The van der Waals surface area contributed by atoms with E-state index in [1.54, 1.807) is 32.0 Å². The first-order valence-corrected chi connectivity index (χ1v) is 14.4. The van der Waals surface area contributed by atoms with Gasteiger partial charge in [0.25, 0.3) is 10.0 Å². The number of sulfonamides is 1. The van der Waals surface area contributed by atoms with E-state index >= 15 is 0 Å². The van der Waals surface area contributed by atoms with Crippen LogP contribution in [0.3, 0.4) is 0 Å². The van der Waals surface area contributed by atoms with Crippen LogP contribution in [0.15, 0.2) is 82.2 Å². The summed E-state index contributed by atoms with van der Waals surface area (Å²) in [5, 5.41) is 3.11. The quantitative estimate of drug-likeness (QED) is 0.322. The van der Waals surface area contributed by atoms with Crippen LogP contribution >= 0.6 is 39.1 Å². The summed E-state index contributed by atoms with van der Waals surface area (Å²) in [5.74, 6) is -0.933. The van der Waals surface area contributed by atoms with Crippen LogP contribution in [0.4, 0.5) is 5.69 Å². The summed E-state index contributed by atoms with van der Waals surface area (Å²) in [5.41, 5.74) is 0.859. The first-order chi connectivity index (χ1) is 17.5. The number of hydrogen-bond donors (Lipinski definition) is 1. The van der Waals surface area contributed by atoms with E-state index in [-0.39, 0.29) is 28.1 Å². The van der Waals surface area contributed by atoms with Crippen LogP contribution in [-0.2, 0) is 26.2 Å². The van der Waals surface area contributed by atoms with Gasteiger partial charge in [-0.25, -0.2) is 8.42 Å². The lowest BCUT2D eigenvalue weighted by Crippen LogP contribution is -2.51. The zero-order valence-corrected chi connectivity index (χ0v) is 24.1. The Morgan fingerprint density at radius 2 is 1.70 bits per heavy atom. The number of carbonyl (C=O) groups excluding carboxylic acids is 2. The summed E-state index contributed by atoms with van der Waals surface area (Å²) in [7, 11) is -4.20. The Kier molecular flexibility index (Phi) is 10.0. The molecule has 11 heteroatoms. The molecule has 0 aliphatic carbocycles. The molecule has 0 aliphatic rings. The zero-order chi connectivity index (χ0) is 27.2. The molecule has 1 atom stereocenters. The summed E-state index contributed by atoms with van der Waals surface area (Å²) in [4.78, 5) is 27.9. The molecule has 2 amide bonds. The van der Waals surface area contributed by atoms with Crippen LogP contribution in [0, 0.1) is 0 Å². The average Bonchev–Trinajstić information content (AvgIpc) is 2.86. The molecule has 1 unspecified atom stereocenters. The number of hydrogen-bond acceptors (Lipinski definition) is 4. The lowest BCUT2D eigenvalue weighted by Gasteiger charge is -2.32. The lowest BCUT2D eigenvalue weighted by molar-refractivity contribution is -0.139. The first-order valence-electron chi connectivity index (χ1n) is 11.4. The van der Waals surface area contributed by atoms with Crippen molar-refractivity contribution in [3.05, 3.63) is 92.9 Å². The number of anilines is 1. The summed E-state index contributed by atoms with van der Waals surface area (Å²) in [6.07, 6.45) is 0. The van der Waals surface area contributed by atoms with E-state index in [0.717, 1.165) is 14.3 Å². The van der Waals surface area contributed by atoms with Crippen molar-refractivity contribution in [2.24, 2.45) is 0 Å². The fraction of sp³-hybridized carbons (Fsp3) is 0.231. The predicted molar refractivity (Wildman–Crippen MR) is 150 cm³/mol. The Bertz CT molecular complexity index is 1370. The van der Waals surface area contributed by atoms with Gasteiger partial charge in [-0.3, -0.25) is 13.9 Å². The van der Waals surface area contributed by atoms with Crippen LogP contribution in [0.5, 0.6) is 0 Å². The molecular formula is C26H26BrCl2N3O4S. The third-order valence-electron chi connectivity index (χ3n) is 5.55. The molecule has 0 fully saturated rings. The topological polar surface area (TPSA) is 86.8 Å². The van der Waals surface area contributed by atoms with Gasteiger partial charge in [0.1, 0.15) is 12.6 Å². The van der Waals surface area contributed by atoms with Gasteiger partial charge in [-0.1, -0.05) is 69.5 Å². The molecule has 0 aromatic heterocycles. The van der Waals surface area contributed by atoms with E-state index in [9.17, 15) is 18.0 Å². The minimum Gasteiger partial charge on any atom is -0.355 e. The minimum atomic E-state index is -4.20. The monoisotopic (exact) mass is 625 g/mol. The van der Waals surface area contributed by atoms with Crippen molar-refractivity contribution in [3.63, 3.8) is 0 Å². The molecule has 0 aliphatic heterocycles. The van der Waals surface area contributed by atoms with Crippen molar-refractivity contribution >= 4 is 66.7 Å². The number of rotatable bonds is 10. The van der Waals surface area contributed by atoms with Gasteiger partial charge in [-0.05, 0) is 61.9 Å². The maximum Gasteiger partial charge on any atom is 0.264 e. The van der Waals surface area contributed by atoms with Gasteiger partial charge in [-0.15, -0.1) is 0 Å². The second-order valence-electron chi connectivity index (χ2n) is 8.14. The van der Waals surface area contributed by atoms with E-state index < -0.39 is 28.5 Å². The van der Waals surface area contributed by atoms with Crippen molar-refractivity contribution < 1.29 is 18.0 Å². The molecule has 7 nitrogen and oxygen atoms in total. The van der Waals surface area contributed by atoms with Gasteiger partial charge in [0.05, 0.1) is 15.6 Å². The highest BCUT2D eigenvalue weighted by Gasteiger charge is 2.33. The number of halogens is 3. The van der Waals surface area contributed by atoms with Gasteiger partial charge in [0.15, 0.2) is 0 Å². The minimum absolute atomic E-state index is 0.0101. The third-order valence-corrected chi connectivity index (χ3v) is 8.35. The van der Waals surface area contributed by atoms with Crippen molar-refractivity contribution in [2.75, 3.05) is 17.4 Å². The van der Waals surface area contributed by atoms with Crippen LogP contribution < -0.4 is 9.62 Å². The fourth-order valence-electron chi connectivity index (χ4n) is 3.65. The number of nitrogens with one attached hydrogen (secondary N) is 1. The second kappa shape index (κ2) is 12.8. The van der Waals surface area contributed by atoms with E-state index in [0.29, 0.717) is 11.6 Å². The molecule has 0 saturated carbocycles. The Hall–Kier alpha value is -2.59.